The molecule has 2 heterocycles. The third-order valence-electron chi connectivity index (χ3n) is 8.60. The maximum Gasteiger partial charge on any atom is 0.330 e. The minimum atomic E-state index is -1.86. The molecule has 250 valence electrons. The molecule has 47 heavy (non-hydrogen) atoms. The van der Waals surface area contributed by atoms with E-state index in [1.807, 2.05) is 61.5 Å². The lowest BCUT2D eigenvalue weighted by molar-refractivity contribution is -0.137. The minimum absolute atomic E-state index is 0.181. The van der Waals surface area contributed by atoms with Crippen molar-refractivity contribution in [2.24, 2.45) is 26.4 Å². The summed E-state index contributed by atoms with van der Waals surface area (Å²) >= 11 is 2.91. The van der Waals surface area contributed by atoms with Gasteiger partial charge in [0.15, 0.2) is 8.32 Å². The molecule has 0 atom stereocenters. The topological polar surface area (TPSA) is 110 Å². The summed E-state index contributed by atoms with van der Waals surface area (Å²) in [5, 5.41) is 19.0. The lowest BCUT2D eigenvalue weighted by Crippen LogP contribution is -2.45. The molecule has 10 nitrogen and oxygen atoms in total. The van der Waals surface area contributed by atoms with E-state index in [4.69, 9.17) is 13.9 Å². The quantitative estimate of drug-likeness (QED) is 0.0358. The van der Waals surface area contributed by atoms with Gasteiger partial charge in [0, 0.05) is 18.3 Å². The number of fused-ring (bicyclic) bond motifs is 1. The van der Waals surface area contributed by atoms with Crippen LogP contribution in [0.3, 0.4) is 0 Å². The smallest absolute Gasteiger partial charge is 0.330 e. The number of azo groups is 2. The van der Waals surface area contributed by atoms with Crippen LogP contribution in [-0.4, -0.2) is 52.2 Å². The molecule has 0 amide bonds. The molecule has 4 rings (SSSR count). The van der Waals surface area contributed by atoms with E-state index in [2.05, 4.69) is 77.7 Å². The van der Waals surface area contributed by atoms with Crippen LogP contribution in [0.1, 0.15) is 34.6 Å². The van der Waals surface area contributed by atoms with Crippen molar-refractivity contribution in [2.45, 2.75) is 52.8 Å². The van der Waals surface area contributed by atoms with Crippen LogP contribution in [0.4, 0.5) is 27.2 Å². The molecule has 0 aliphatic heterocycles. The number of anilines is 1. The summed E-state index contributed by atoms with van der Waals surface area (Å²) in [6.07, 6.45) is 1.17. The van der Waals surface area contributed by atoms with Gasteiger partial charge in [0.25, 0.3) is 0 Å². The Morgan fingerprint density at radius 2 is 1.64 bits per heavy atom. The summed E-state index contributed by atoms with van der Waals surface area (Å²) in [6.45, 7) is 21.9. The molecule has 4 aromatic rings. The second-order valence-electron chi connectivity index (χ2n) is 12.2. The molecule has 0 spiro atoms. The highest BCUT2D eigenvalue weighted by Gasteiger charge is 2.43. The summed E-state index contributed by atoms with van der Waals surface area (Å²) in [6, 6.07) is 17.3. The van der Waals surface area contributed by atoms with Crippen LogP contribution in [0.25, 0.3) is 9.53 Å². The summed E-state index contributed by atoms with van der Waals surface area (Å²) < 4.78 is 18.3. The number of thiazole rings is 1. The van der Waals surface area contributed by atoms with Gasteiger partial charge in [-0.05, 0) is 85.6 Å². The number of thiophene rings is 1. The van der Waals surface area contributed by atoms with E-state index in [1.54, 1.807) is 0 Å². The molecule has 0 N–H and O–H groups in total. The average Bonchev–Trinajstić information content (AvgIpc) is 3.62. The van der Waals surface area contributed by atoms with Crippen LogP contribution in [0.5, 0.6) is 5.75 Å². The number of ether oxygens (including phenoxy) is 2. The summed E-state index contributed by atoms with van der Waals surface area (Å²) in [5.41, 5.74) is 2.47. The first kappa shape index (κ1) is 36.1. The van der Waals surface area contributed by atoms with E-state index >= 15 is 0 Å². The molecule has 0 saturated carbocycles. The molecule has 0 radical (unpaired) electrons. The number of nitrogens with zero attached hydrogens (tertiary/aromatic N) is 6. The maximum atomic E-state index is 11.3. The molecule has 2 aromatic heterocycles. The number of carbonyl (C=O) groups is 1. The van der Waals surface area contributed by atoms with Crippen molar-refractivity contribution >= 4 is 73.7 Å². The second kappa shape index (κ2) is 16.4. The fourth-order valence-electron chi connectivity index (χ4n) is 4.47. The Labute approximate surface area is 286 Å². The van der Waals surface area contributed by atoms with Gasteiger partial charge in [-0.1, -0.05) is 56.9 Å². The molecular weight excluding hydrogens is 649 g/mol. The van der Waals surface area contributed by atoms with Crippen molar-refractivity contribution in [3.63, 3.8) is 0 Å². The first-order valence-electron chi connectivity index (χ1n) is 15.7. The number of hydrogen-bond donors (Lipinski definition) is 0. The molecule has 0 fully saturated rings. The lowest BCUT2D eigenvalue weighted by atomic mass is 9.99. The first-order chi connectivity index (χ1) is 22.4. The normalized spacial score (nSPS) is 12.4. The van der Waals surface area contributed by atoms with Crippen molar-refractivity contribution in [2.75, 3.05) is 37.8 Å². The highest BCUT2D eigenvalue weighted by molar-refractivity contribution is 7.30. The van der Waals surface area contributed by atoms with Crippen LogP contribution in [0.15, 0.2) is 87.7 Å². The van der Waals surface area contributed by atoms with Crippen LogP contribution in [-0.2, 0) is 14.0 Å². The van der Waals surface area contributed by atoms with Gasteiger partial charge < -0.3 is 18.8 Å². The molecule has 0 saturated heterocycles. The largest absolute Gasteiger partial charge is 0.491 e. The first-order valence-corrected chi connectivity index (χ1v) is 20.2. The van der Waals surface area contributed by atoms with E-state index in [-0.39, 0.29) is 5.04 Å². The van der Waals surface area contributed by atoms with Gasteiger partial charge in [-0.3, -0.25) is 0 Å². The van der Waals surface area contributed by atoms with E-state index in [0.29, 0.717) is 37.4 Å². The Balaban J connectivity index is 1.26. The fraction of sp³-hybridized carbons (Fsp3) is 0.412. The van der Waals surface area contributed by atoms with E-state index in [9.17, 15) is 4.79 Å². The number of esters is 1. The fourth-order valence-corrected chi connectivity index (χ4v) is 8.68. The van der Waals surface area contributed by atoms with E-state index in [0.717, 1.165) is 43.9 Å². The second-order valence-corrected chi connectivity index (χ2v) is 18.8. The van der Waals surface area contributed by atoms with Crippen molar-refractivity contribution in [1.29, 1.82) is 0 Å². The van der Waals surface area contributed by atoms with E-state index < -0.39 is 14.3 Å². The van der Waals surface area contributed by atoms with Gasteiger partial charge in [0.1, 0.15) is 28.8 Å². The molecule has 0 aliphatic rings. The van der Waals surface area contributed by atoms with Gasteiger partial charge >= 0.3 is 5.97 Å². The number of hydrogen-bond acceptors (Lipinski definition) is 12. The zero-order valence-electron chi connectivity index (χ0n) is 28.2. The molecule has 13 heteroatoms. The van der Waals surface area contributed by atoms with Crippen LogP contribution in [0.2, 0.25) is 18.1 Å². The molecule has 0 aliphatic carbocycles. The summed E-state index contributed by atoms with van der Waals surface area (Å²) in [5.74, 6) is 0.920. The van der Waals surface area contributed by atoms with Gasteiger partial charge in [-0.25, -0.2) is 9.78 Å². The van der Waals surface area contributed by atoms with Crippen LogP contribution < -0.4 is 9.64 Å². The third kappa shape index (κ3) is 9.86. The lowest BCUT2D eigenvalue weighted by Gasteiger charge is -2.42. The zero-order valence-corrected chi connectivity index (χ0v) is 30.9. The van der Waals surface area contributed by atoms with Crippen molar-refractivity contribution in [3.8, 4) is 5.75 Å². The summed E-state index contributed by atoms with van der Waals surface area (Å²) in [7, 11) is -1.86. The van der Waals surface area contributed by atoms with Gasteiger partial charge in [0.2, 0.25) is 5.13 Å². The van der Waals surface area contributed by atoms with Crippen molar-refractivity contribution in [1.82, 2.24) is 4.98 Å². The third-order valence-corrected chi connectivity index (χ3v) is 15.1. The Bertz CT molecular complexity index is 1650. The average molecular weight is 693 g/mol. The van der Waals surface area contributed by atoms with E-state index in [1.165, 1.54) is 28.7 Å². The Kier molecular flexibility index (Phi) is 12.5. The maximum absolute atomic E-state index is 11.3. The van der Waals surface area contributed by atoms with Gasteiger partial charge in [-0.15, -0.1) is 20.5 Å². The van der Waals surface area contributed by atoms with Gasteiger partial charge in [0.05, 0.1) is 29.2 Å². The number of rotatable bonds is 17. The Hall–Kier alpha value is -3.78. The Morgan fingerprint density at radius 3 is 2.26 bits per heavy atom. The van der Waals surface area contributed by atoms with Crippen molar-refractivity contribution < 1.29 is 18.7 Å². The number of carbonyl (C=O) groups excluding carboxylic acids is 1. The molecule has 2 aromatic carbocycles. The van der Waals surface area contributed by atoms with Crippen LogP contribution in [0, 0.1) is 5.92 Å². The standard InChI is InChI=1S/C34H44N6O4S2Si/c1-9-31(41)43-20-19-40(10-2)27-15-11-25(12-16-27)37-39-33-35-32-29(45-33)23-30(46-32)38-36-26-13-17-28(18-14-26)42-21-22-44-47(7,8)34(5,6)24(3)4/h9,11-18,23-24H,1,10,19-22H2,2-8H3. The van der Waals surface area contributed by atoms with Crippen LogP contribution >= 0.6 is 22.7 Å². The molecule has 0 unspecified atom stereocenters. The highest BCUT2D eigenvalue weighted by atomic mass is 32.1. The SMILES string of the molecule is C=CC(=O)OCCN(CC)c1ccc(N=Nc2nc3sc(N=Nc4ccc(OCCO[Si](C)(C)C(C)(C)C(C)C)cc4)cc3s2)cc1. The zero-order chi connectivity index (χ0) is 34.0. The number of likely N-dealkylation sites (N-methyl/N-ethyl adjacent to an activating group) is 1. The summed E-state index contributed by atoms with van der Waals surface area (Å²) in [4.78, 5) is 18.8. The Morgan fingerprint density at radius 1 is 0.979 bits per heavy atom. The predicted molar refractivity (Wildman–Crippen MR) is 196 cm³/mol. The molecular formula is C34H44N6O4S2Si. The molecule has 0 bridgehead atoms. The monoisotopic (exact) mass is 692 g/mol. The van der Waals surface area contributed by atoms with Gasteiger partial charge in [-0.2, -0.15) is 0 Å². The number of benzene rings is 2. The minimum Gasteiger partial charge on any atom is -0.491 e. The number of aromatic nitrogens is 1. The highest BCUT2D eigenvalue weighted by Crippen LogP contribution is 2.44. The van der Waals surface area contributed by atoms with Crippen molar-refractivity contribution in [3.05, 3.63) is 67.3 Å². The predicted octanol–water partition coefficient (Wildman–Crippen LogP) is 10.8.